The Labute approximate surface area is 499 Å². The molecule has 0 unspecified atom stereocenters. The molecule has 4 nitrogen and oxygen atoms in total. The lowest BCUT2D eigenvalue weighted by Crippen LogP contribution is -2.18. The van der Waals surface area contributed by atoms with Gasteiger partial charge in [0.05, 0.1) is 38.8 Å². The molecule has 0 spiro atoms. The average molecular weight is 1100 g/mol. The molecule has 0 aliphatic heterocycles. The van der Waals surface area contributed by atoms with Crippen molar-refractivity contribution in [3.63, 3.8) is 0 Å². The molecule has 86 heavy (non-hydrogen) atoms. The van der Waals surface area contributed by atoms with Crippen LogP contribution >= 0.6 is 0 Å². The highest BCUT2D eigenvalue weighted by molar-refractivity contribution is 6.14. The van der Waals surface area contributed by atoms with E-state index in [0.717, 1.165) is 22.7 Å². The van der Waals surface area contributed by atoms with Gasteiger partial charge in [0.25, 0.3) is 0 Å². The Morgan fingerprint density at radius 1 is 0.244 bits per heavy atom. The number of hydrogen-bond donors (Lipinski definition) is 0. The van der Waals surface area contributed by atoms with Gasteiger partial charge in [-0.25, -0.2) is 0 Å². The van der Waals surface area contributed by atoms with Crippen LogP contribution in [0.3, 0.4) is 0 Å². The number of fused-ring (bicyclic) bond motifs is 16. The van der Waals surface area contributed by atoms with Crippen LogP contribution < -0.4 is 4.90 Å². The molecule has 13 aromatic carbocycles. The van der Waals surface area contributed by atoms with Gasteiger partial charge in [-0.3, -0.25) is 0 Å². The number of aromatic nitrogens is 3. The fourth-order valence-corrected chi connectivity index (χ4v) is 15.5. The van der Waals surface area contributed by atoms with Gasteiger partial charge in [-0.15, -0.1) is 0 Å². The molecular formula is C82H58N4. The summed E-state index contributed by atoms with van der Waals surface area (Å²) in [7, 11) is 0. The number of hydrogen-bond acceptors (Lipinski definition) is 1. The molecule has 0 atom stereocenters. The Hall–Kier alpha value is -10.7. The zero-order chi connectivity index (χ0) is 57.2. The molecule has 0 fully saturated rings. The maximum Gasteiger partial charge on any atom is 0.0547 e. The van der Waals surface area contributed by atoms with Gasteiger partial charge in [0.2, 0.25) is 0 Å². The number of para-hydroxylation sites is 6. The number of anilines is 3. The maximum atomic E-state index is 2.55. The first-order chi connectivity index (χ1) is 42.2. The number of nitrogens with zero attached hydrogens (tertiary/aromatic N) is 4. The van der Waals surface area contributed by atoms with E-state index in [4.69, 9.17) is 0 Å². The highest BCUT2D eigenvalue weighted by Crippen LogP contribution is 2.55. The fourth-order valence-electron chi connectivity index (χ4n) is 15.5. The van der Waals surface area contributed by atoms with Crippen LogP contribution in [0.25, 0.3) is 127 Å². The Morgan fingerprint density at radius 2 is 0.593 bits per heavy atom. The van der Waals surface area contributed by atoms with Crippen molar-refractivity contribution in [2.45, 2.75) is 38.5 Å². The summed E-state index contributed by atoms with van der Waals surface area (Å²) in [5.41, 5.74) is 26.4. The Morgan fingerprint density at radius 3 is 1.05 bits per heavy atom. The summed E-state index contributed by atoms with van der Waals surface area (Å²) >= 11 is 0. The first-order valence-electron chi connectivity index (χ1n) is 30.2. The van der Waals surface area contributed by atoms with Crippen LogP contribution in [0.2, 0.25) is 0 Å². The summed E-state index contributed by atoms with van der Waals surface area (Å²) in [5, 5.41) is 9.97. The van der Waals surface area contributed by atoms with Crippen molar-refractivity contribution in [1.29, 1.82) is 0 Å². The van der Waals surface area contributed by atoms with E-state index in [2.05, 4.69) is 325 Å². The van der Waals surface area contributed by atoms with Gasteiger partial charge in [0, 0.05) is 77.0 Å². The van der Waals surface area contributed by atoms with E-state index >= 15 is 0 Å². The van der Waals surface area contributed by atoms with Crippen LogP contribution in [0.15, 0.2) is 279 Å². The zero-order valence-electron chi connectivity index (χ0n) is 48.3. The fraction of sp³-hybridized carbons (Fsp3) is 0.0732. The van der Waals surface area contributed by atoms with Crippen molar-refractivity contribution < 1.29 is 0 Å². The molecule has 406 valence electrons. The number of benzene rings is 13. The van der Waals surface area contributed by atoms with E-state index in [0.29, 0.717) is 0 Å². The smallest absolute Gasteiger partial charge is 0.0547 e. The van der Waals surface area contributed by atoms with E-state index in [1.165, 1.54) is 143 Å². The second-order valence-corrected chi connectivity index (χ2v) is 24.8. The van der Waals surface area contributed by atoms with E-state index in [9.17, 15) is 0 Å². The van der Waals surface area contributed by atoms with Crippen molar-refractivity contribution in [3.05, 3.63) is 301 Å². The first-order valence-corrected chi connectivity index (χ1v) is 30.2. The molecule has 18 rings (SSSR count). The van der Waals surface area contributed by atoms with Gasteiger partial charge < -0.3 is 18.6 Å². The summed E-state index contributed by atoms with van der Waals surface area (Å²) in [6, 6.07) is 105. The standard InChI is InChI=1S/C82H58N4/c1-81(2)70-47-53(35-40-59(70)61-42-37-55(49-72(61)81)85-75-30-16-10-24-64(75)65-25-11-17-31-76(65)85)83(54-36-41-60-62-43-38-56(50-73(62)82(3,4)71(60)48-54)86-77-32-18-12-26-66(77)67-27-13-19-33-78(67)86)79-45-44-57(58-22-8-9-23-63(58)79)51-34-39-69-68-28-14-15-29-74(68)84(80(69)46-51)52-20-6-5-7-21-52/h5-50H,1-4H3. The van der Waals surface area contributed by atoms with E-state index in [1.54, 1.807) is 0 Å². The van der Waals surface area contributed by atoms with Crippen molar-refractivity contribution in [3.8, 4) is 50.4 Å². The quantitative estimate of drug-likeness (QED) is 0.156. The van der Waals surface area contributed by atoms with E-state index in [1.807, 2.05) is 0 Å². The summed E-state index contributed by atoms with van der Waals surface area (Å²) in [6.07, 6.45) is 0. The summed E-state index contributed by atoms with van der Waals surface area (Å²) in [5.74, 6) is 0. The third kappa shape index (κ3) is 6.81. The van der Waals surface area contributed by atoms with Crippen LogP contribution in [0.5, 0.6) is 0 Å². The van der Waals surface area contributed by atoms with Crippen LogP contribution in [-0.4, -0.2) is 13.7 Å². The van der Waals surface area contributed by atoms with Gasteiger partial charge in [0.1, 0.15) is 0 Å². The molecular weight excluding hydrogens is 1040 g/mol. The average Bonchev–Trinajstić information content (AvgIpc) is 1.69. The second kappa shape index (κ2) is 17.9. The lowest BCUT2D eigenvalue weighted by Gasteiger charge is -2.31. The lowest BCUT2D eigenvalue weighted by molar-refractivity contribution is 0.659. The zero-order valence-corrected chi connectivity index (χ0v) is 48.3. The minimum absolute atomic E-state index is 0.302. The molecule has 0 radical (unpaired) electrons. The minimum atomic E-state index is -0.302. The van der Waals surface area contributed by atoms with E-state index in [-0.39, 0.29) is 10.8 Å². The molecule has 3 heterocycles. The Kier molecular flexibility index (Phi) is 10.2. The summed E-state index contributed by atoms with van der Waals surface area (Å²) < 4.78 is 7.32. The van der Waals surface area contributed by atoms with Gasteiger partial charge in [0.15, 0.2) is 0 Å². The van der Waals surface area contributed by atoms with Crippen molar-refractivity contribution in [2.75, 3.05) is 4.90 Å². The van der Waals surface area contributed by atoms with Gasteiger partial charge >= 0.3 is 0 Å². The summed E-state index contributed by atoms with van der Waals surface area (Å²) in [6.45, 7) is 9.68. The SMILES string of the molecule is CC1(C)c2cc(N(c3ccc4c(c3)C(C)(C)c3cc(-n5c6ccccc6c6ccccc65)ccc3-4)c3ccc(-c4ccc5c6ccccc6n(-c6ccccc6)c5c4)c4ccccc34)ccc2-c2ccc(-n3c4ccccc4c4ccccc43)cc21. The normalized spacial score (nSPS) is 13.8. The summed E-state index contributed by atoms with van der Waals surface area (Å²) in [4.78, 5) is 2.55. The first kappa shape index (κ1) is 48.8. The molecule has 0 saturated heterocycles. The molecule has 2 aliphatic carbocycles. The largest absolute Gasteiger partial charge is 0.310 e. The monoisotopic (exact) mass is 1100 g/mol. The predicted molar refractivity (Wildman–Crippen MR) is 362 cm³/mol. The number of rotatable bonds is 7. The minimum Gasteiger partial charge on any atom is -0.310 e. The molecule has 0 amide bonds. The molecule has 0 bridgehead atoms. The van der Waals surface area contributed by atoms with Crippen molar-refractivity contribution in [2.24, 2.45) is 0 Å². The predicted octanol–water partition coefficient (Wildman–Crippen LogP) is 21.9. The lowest BCUT2D eigenvalue weighted by atomic mass is 9.81. The topological polar surface area (TPSA) is 18.0 Å². The van der Waals surface area contributed by atoms with Crippen LogP contribution in [0, 0.1) is 0 Å². The van der Waals surface area contributed by atoms with Crippen molar-refractivity contribution in [1.82, 2.24) is 13.7 Å². The molecule has 0 saturated carbocycles. The van der Waals surface area contributed by atoms with Gasteiger partial charge in [-0.1, -0.05) is 204 Å². The van der Waals surface area contributed by atoms with Crippen LogP contribution in [0.4, 0.5) is 17.1 Å². The third-order valence-corrected chi connectivity index (χ3v) is 19.6. The molecule has 16 aromatic rings. The molecule has 2 aliphatic rings. The van der Waals surface area contributed by atoms with Crippen molar-refractivity contribution >= 4 is 93.3 Å². The van der Waals surface area contributed by atoms with Gasteiger partial charge in [-0.05, 0) is 164 Å². The third-order valence-electron chi connectivity index (χ3n) is 19.6. The maximum absolute atomic E-state index is 2.55. The van der Waals surface area contributed by atoms with E-state index < -0.39 is 0 Å². The van der Waals surface area contributed by atoms with Gasteiger partial charge in [-0.2, -0.15) is 0 Å². The molecule has 4 heteroatoms. The Bertz CT molecular complexity index is 5220. The van der Waals surface area contributed by atoms with Crippen LogP contribution in [0.1, 0.15) is 49.9 Å². The Balaban J connectivity index is 0.807. The highest BCUT2D eigenvalue weighted by atomic mass is 15.1. The highest BCUT2D eigenvalue weighted by Gasteiger charge is 2.39. The second-order valence-electron chi connectivity index (χ2n) is 24.8. The molecule has 0 N–H and O–H groups in total. The van der Waals surface area contributed by atoms with Crippen LogP contribution in [-0.2, 0) is 10.8 Å². The molecule has 3 aromatic heterocycles.